The van der Waals surface area contributed by atoms with Crippen LogP contribution in [0.4, 0.5) is 5.69 Å². The molecular weight excluding hydrogens is 300 g/mol. The van der Waals surface area contributed by atoms with Gasteiger partial charge >= 0.3 is 0 Å². The fourth-order valence-electron chi connectivity index (χ4n) is 1.47. The third-order valence-electron chi connectivity index (χ3n) is 2.73. The average molecular weight is 319 g/mol. The van der Waals surface area contributed by atoms with Crippen molar-refractivity contribution in [3.8, 4) is 0 Å². The van der Waals surface area contributed by atoms with Gasteiger partial charge in [0.25, 0.3) is 5.91 Å². The fourth-order valence-corrected chi connectivity index (χ4v) is 2.17. The fraction of sp³-hybridized carbons (Fsp3) is 0.462. The van der Waals surface area contributed by atoms with E-state index in [0.717, 1.165) is 10.6 Å². The Hall–Kier alpha value is -1.27. The summed E-state index contributed by atoms with van der Waals surface area (Å²) in [5, 5.41) is 3.04. The predicted octanol–water partition coefficient (Wildman–Crippen LogP) is 2.12. The molecule has 1 rings (SSSR count). The maximum Gasteiger partial charge on any atom is 0.252 e. The van der Waals surface area contributed by atoms with Gasteiger partial charge in [-0.2, -0.15) is 0 Å². The maximum absolute atomic E-state index is 12.0. The molecule has 7 heteroatoms. The van der Waals surface area contributed by atoms with Gasteiger partial charge in [0, 0.05) is 13.6 Å². The Kier molecular flexibility index (Phi) is 5.42. The number of sulfonamides is 1. The van der Waals surface area contributed by atoms with Crippen molar-refractivity contribution >= 4 is 33.2 Å². The molecule has 1 amide bonds. The Labute approximate surface area is 125 Å². The van der Waals surface area contributed by atoms with E-state index in [9.17, 15) is 13.2 Å². The van der Waals surface area contributed by atoms with Gasteiger partial charge in [-0.05, 0) is 24.1 Å². The first kappa shape index (κ1) is 16.8. The molecule has 0 unspecified atom stereocenters. The third kappa shape index (κ3) is 4.38. The highest BCUT2D eigenvalue weighted by Crippen LogP contribution is 2.24. The quantitative estimate of drug-likeness (QED) is 0.904. The van der Waals surface area contributed by atoms with Crippen molar-refractivity contribution in [2.75, 3.05) is 24.2 Å². The minimum atomic E-state index is -3.38. The zero-order valence-corrected chi connectivity index (χ0v) is 13.5. The van der Waals surface area contributed by atoms with E-state index < -0.39 is 10.0 Å². The van der Waals surface area contributed by atoms with Crippen molar-refractivity contribution in [3.05, 3.63) is 28.8 Å². The van der Waals surface area contributed by atoms with Crippen molar-refractivity contribution in [2.24, 2.45) is 5.92 Å². The number of rotatable bonds is 5. The standard InChI is InChI=1S/C13H19ClN2O3S/c1-9(2)8-15-13(17)11-7-10(5-6-12(11)14)16(3)20(4,18)19/h5-7,9H,8H2,1-4H3,(H,15,17). The number of nitrogens with zero attached hydrogens (tertiary/aromatic N) is 1. The number of halogens is 1. The highest BCUT2D eigenvalue weighted by Gasteiger charge is 2.16. The molecule has 0 saturated heterocycles. The molecule has 0 aromatic heterocycles. The van der Waals surface area contributed by atoms with Gasteiger partial charge in [-0.25, -0.2) is 8.42 Å². The van der Waals surface area contributed by atoms with Crippen LogP contribution in [0.3, 0.4) is 0 Å². The first-order valence-electron chi connectivity index (χ1n) is 6.14. The van der Waals surface area contributed by atoms with Gasteiger partial charge in [0.15, 0.2) is 0 Å². The van der Waals surface area contributed by atoms with Crippen LogP contribution >= 0.6 is 11.6 Å². The van der Waals surface area contributed by atoms with E-state index in [-0.39, 0.29) is 16.5 Å². The Bertz CT molecular complexity index is 600. The first-order valence-corrected chi connectivity index (χ1v) is 8.37. The van der Waals surface area contributed by atoms with Crippen molar-refractivity contribution < 1.29 is 13.2 Å². The molecule has 1 N–H and O–H groups in total. The van der Waals surface area contributed by atoms with Gasteiger partial charge in [0.1, 0.15) is 0 Å². The van der Waals surface area contributed by atoms with Crippen LogP contribution in [-0.2, 0) is 10.0 Å². The van der Waals surface area contributed by atoms with Crippen LogP contribution in [0.2, 0.25) is 5.02 Å². The Morgan fingerprint density at radius 3 is 2.50 bits per heavy atom. The second-order valence-electron chi connectivity index (χ2n) is 5.00. The Morgan fingerprint density at radius 2 is 2.00 bits per heavy atom. The summed E-state index contributed by atoms with van der Waals surface area (Å²) in [4.78, 5) is 12.0. The van der Waals surface area contributed by atoms with E-state index in [0.29, 0.717) is 18.2 Å². The molecular formula is C13H19ClN2O3S. The summed E-state index contributed by atoms with van der Waals surface area (Å²) in [6, 6.07) is 4.55. The topological polar surface area (TPSA) is 66.5 Å². The molecule has 0 aliphatic heterocycles. The van der Waals surface area contributed by atoms with Crippen molar-refractivity contribution in [1.82, 2.24) is 5.32 Å². The summed E-state index contributed by atoms with van der Waals surface area (Å²) in [5.74, 6) is 0.00653. The number of hydrogen-bond donors (Lipinski definition) is 1. The number of anilines is 1. The van der Waals surface area contributed by atoms with E-state index in [4.69, 9.17) is 11.6 Å². The van der Waals surface area contributed by atoms with Crippen LogP contribution in [0.15, 0.2) is 18.2 Å². The molecule has 0 saturated carbocycles. The highest BCUT2D eigenvalue weighted by atomic mass is 35.5. The van der Waals surface area contributed by atoms with Crippen LogP contribution in [0.25, 0.3) is 0 Å². The van der Waals surface area contributed by atoms with E-state index in [1.165, 1.54) is 19.2 Å². The summed E-state index contributed by atoms with van der Waals surface area (Å²) >= 11 is 6.00. The Balaban J connectivity index is 3.06. The highest BCUT2D eigenvalue weighted by molar-refractivity contribution is 7.92. The lowest BCUT2D eigenvalue weighted by Gasteiger charge is -2.18. The van der Waals surface area contributed by atoms with Crippen molar-refractivity contribution in [1.29, 1.82) is 0 Å². The van der Waals surface area contributed by atoms with Gasteiger partial charge in [0.05, 0.1) is 22.5 Å². The molecule has 0 aliphatic carbocycles. The monoisotopic (exact) mass is 318 g/mol. The third-order valence-corrected chi connectivity index (χ3v) is 4.26. The van der Waals surface area contributed by atoms with Crippen LogP contribution in [0.5, 0.6) is 0 Å². The normalized spacial score (nSPS) is 11.5. The molecule has 0 spiro atoms. The SMILES string of the molecule is CC(C)CNC(=O)c1cc(N(C)S(C)(=O)=O)ccc1Cl. The smallest absolute Gasteiger partial charge is 0.252 e. The zero-order valence-electron chi connectivity index (χ0n) is 12.0. The zero-order chi connectivity index (χ0) is 15.5. The minimum absolute atomic E-state index is 0.264. The van der Waals surface area contributed by atoms with E-state index >= 15 is 0 Å². The molecule has 0 fully saturated rings. The second kappa shape index (κ2) is 6.45. The van der Waals surface area contributed by atoms with Gasteiger partial charge in [0.2, 0.25) is 10.0 Å². The molecule has 5 nitrogen and oxygen atoms in total. The number of nitrogens with one attached hydrogen (secondary N) is 1. The second-order valence-corrected chi connectivity index (χ2v) is 7.42. The lowest BCUT2D eigenvalue weighted by molar-refractivity contribution is 0.0949. The lowest BCUT2D eigenvalue weighted by Crippen LogP contribution is -2.28. The van der Waals surface area contributed by atoms with E-state index in [1.807, 2.05) is 13.8 Å². The van der Waals surface area contributed by atoms with E-state index in [1.54, 1.807) is 6.07 Å². The average Bonchev–Trinajstić information content (AvgIpc) is 2.34. The number of carbonyl (C=O) groups is 1. The Morgan fingerprint density at radius 1 is 1.40 bits per heavy atom. The maximum atomic E-state index is 12.0. The van der Waals surface area contributed by atoms with Crippen LogP contribution in [0, 0.1) is 5.92 Å². The van der Waals surface area contributed by atoms with E-state index in [2.05, 4.69) is 5.32 Å². The molecule has 0 radical (unpaired) electrons. The van der Waals surface area contributed by atoms with Crippen molar-refractivity contribution in [3.63, 3.8) is 0 Å². The van der Waals surface area contributed by atoms with Gasteiger partial charge in [-0.15, -0.1) is 0 Å². The number of hydrogen-bond acceptors (Lipinski definition) is 3. The molecule has 1 aromatic carbocycles. The molecule has 1 aromatic rings. The van der Waals surface area contributed by atoms with Gasteiger partial charge < -0.3 is 5.32 Å². The first-order chi connectivity index (χ1) is 9.12. The predicted molar refractivity (Wildman–Crippen MR) is 81.9 cm³/mol. The molecule has 0 bridgehead atoms. The number of amides is 1. The molecule has 0 aliphatic rings. The molecule has 0 heterocycles. The molecule has 0 atom stereocenters. The number of benzene rings is 1. The van der Waals surface area contributed by atoms with Gasteiger partial charge in [-0.3, -0.25) is 9.10 Å². The lowest BCUT2D eigenvalue weighted by atomic mass is 10.1. The largest absolute Gasteiger partial charge is 0.352 e. The summed E-state index contributed by atoms with van der Waals surface area (Å²) in [6.07, 6.45) is 1.10. The van der Waals surface area contributed by atoms with Crippen LogP contribution in [-0.4, -0.2) is 34.2 Å². The van der Waals surface area contributed by atoms with Crippen molar-refractivity contribution in [2.45, 2.75) is 13.8 Å². The summed E-state index contributed by atoms with van der Waals surface area (Å²) in [6.45, 7) is 4.49. The summed E-state index contributed by atoms with van der Waals surface area (Å²) < 4.78 is 24.1. The van der Waals surface area contributed by atoms with Gasteiger partial charge in [-0.1, -0.05) is 25.4 Å². The summed E-state index contributed by atoms with van der Waals surface area (Å²) in [7, 11) is -1.95. The van der Waals surface area contributed by atoms with Crippen LogP contribution in [0.1, 0.15) is 24.2 Å². The van der Waals surface area contributed by atoms with Crippen LogP contribution < -0.4 is 9.62 Å². The number of carbonyl (C=O) groups excluding carboxylic acids is 1. The molecule has 112 valence electrons. The molecule has 20 heavy (non-hydrogen) atoms. The minimum Gasteiger partial charge on any atom is -0.352 e. The summed E-state index contributed by atoms with van der Waals surface area (Å²) in [5.41, 5.74) is 0.659.